The van der Waals surface area contributed by atoms with Gasteiger partial charge in [-0.25, -0.2) is 18.1 Å². The van der Waals surface area contributed by atoms with Crippen LogP contribution in [-0.2, 0) is 26.0 Å². The molecule has 2 aliphatic rings. The second kappa shape index (κ2) is 6.12. The van der Waals surface area contributed by atoms with Gasteiger partial charge in [0.25, 0.3) is 0 Å². The van der Waals surface area contributed by atoms with Gasteiger partial charge in [-0.2, -0.15) is 9.40 Å². The van der Waals surface area contributed by atoms with Crippen LogP contribution in [0, 0.1) is 13.8 Å². The lowest BCUT2D eigenvalue weighted by atomic mass is 10.0. The van der Waals surface area contributed by atoms with E-state index in [9.17, 15) is 8.42 Å². The Morgan fingerprint density at radius 3 is 2.83 bits per heavy atom. The molecule has 2 saturated heterocycles. The van der Waals surface area contributed by atoms with Crippen molar-refractivity contribution in [1.82, 2.24) is 19.1 Å². The van der Waals surface area contributed by atoms with Gasteiger partial charge in [0, 0.05) is 13.1 Å². The Morgan fingerprint density at radius 2 is 2.17 bits per heavy atom. The highest BCUT2D eigenvalue weighted by molar-refractivity contribution is 7.88. The summed E-state index contributed by atoms with van der Waals surface area (Å²) >= 11 is 0. The number of aryl methyl sites for hydroxylation is 2. The van der Waals surface area contributed by atoms with Gasteiger partial charge in [-0.1, -0.05) is 0 Å². The summed E-state index contributed by atoms with van der Waals surface area (Å²) in [5.41, 5.74) is -0.548. The van der Waals surface area contributed by atoms with E-state index in [2.05, 4.69) is 10.1 Å². The van der Waals surface area contributed by atoms with Gasteiger partial charge >= 0.3 is 0 Å². The van der Waals surface area contributed by atoms with Crippen LogP contribution in [0.2, 0.25) is 0 Å². The maximum Gasteiger partial charge on any atom is 0.211 e. The van der Waals surface area contributed by atoms with Gasteiger partial charge in [-0.3, -0.25) is 0 Å². The largest absolute Gasteiger partial charge is 0.377 e. The number of ether oxygens (including phenoxy) is 2. The fourth-order valence-corrected chi connectivity index (χ4v) is 4.20. The lowest BCUT2D eigenvalue weighted by molar-refractivity contribution is -0.0861. The third-order valence-electron chi connectivity index (χ3n) is 4.46. The van der Waals surface area contributed by atoms with Crippen molar-refractivity contribution in [1.29, 1.82) is 0 Å². The number of aromatic nitrogens is 3. The SMILES string of the molecule is Cc1nc(C)n(C[C@@H]2CC[C@@]3(COCCN(S(C)(=O)=O)C3)O2)n1. The Bertz CT molecular complexity index is 674. The molecule has 1 spiro atoms. The zero-order valence-corrected chi connectivity index (χ0v) is 14.7. The summed E-state index contributed by atoms with van der Waals surface area (Å²) in [5.74, 6) is 1.61. The van der Waals surface area contributed by atoms with Gasteiger partial charge < -0.3 is 9.47 Å². The maximum absolute atomic E-state index is 11.9. The van der Waals surface area contributed by atoms with Crippen LogP contribution in [0.3, 0.4) is 0 Å². The van der Waals surface area contributed by atoms with Crippen LogP contribution in [0.15, 0.2) is 0 Å². The molecule has 2 aliphatic heterocycles. The molecule has 0 aliphatic carbocycles. The molecular weight excluding hydrogens is 320 g/mol. The van der Waals surface area contributed by atoms with Crippen molar-refractivity contribution in [2.24, 2.45) is 0 Å². The van der Waals surface area contributed by atoms with Gasteiger partial charge in [-0.05, 0) is 26.7 Å². The van der Waals surface area contributed by atoms with Gasteiger partial charge in [0.2, 0.25) is 10.0 Å². The summed E-state index contributed by atoms with van der Waals surface area (Å²) in [6.07, 6.45) is 2.88. The molecule has 0 unspecified atom stereocenters. The minimum absolute atomic E-state index is 0.00193. The zero-order chi connectivity index (χ0) is 16.7. The molecule has 8 nitrogen and oxygen atoms in total. The van der Waals surface area contributed by atoms with Crippen molar-refractivity contribution < 1.29 is 17.9 Å². The Kier molecular flexibility index (Phi) is 4.47. The molecule has 3 heterocycles. The molecular formula is C14H24N4O4S. The van der Waals surface area contributed by atoms with E-state index in [0.29, 0.717) is 32.8 Å². The van der Waals surface area contributed by atoms with Gasteiger partial charge in [0.15, 0.2) is 0 Å². The molecule has 9 heteroatoms. The second-order valence-corrected chi connectivity index (χ2v) is 8.48. The summed E-state index contributed by atoms with van der Waals surface area (Å²) in [7, 11) is -3.25. The average Bonchev–Trinajstić information content (AvgIpc) is 2.88. The summed E-state index contributed by atoms with van der Waals surface area (Å²) in [4.78, 5) is 4.30. The highest BCUT2D eigenvalue weighted by atomic mass is 32.2. The van der Waals surface area contributed by atoms with E-state index in [1.807, 2.05) is 18.5 Å². The van der Waals surface area contributed by atoms with E-state index in [1.165, 1.54) is 10.6 Å². The molecule has 1 aromatic rings. The first-order chi connectivity index (χ1) is 10.8. The van der Waals surface area contributed by atoms with Crippen molar-refractivity contribution in [3.05, 3.63) is 11.6 Å². The normalized spacial score (nSPS) is 30.0. The van der Waals surface area contributed by atoms with Gasteiger partial charge in [-0.15, -0.1) is 0 Å². The standard InChI is InChI=1S/C14H24N4O4S/c1-11-15-12(2)18(16-11)8-13-4-5-14(22-13)9-17(23(3,19)20)6-7-21-10-14/h13H,4-10H2,1-3H3/t13-,14+/m0/s1. The van der Waals surface area contributed by atoms with Crippen LogP contribution in [0.4, 0.5) is 0 Å². The van der Waals surface area contributed by atoms with Crippen molar-refractivity contribution >= 4 is 10.0 Å². The summed E-state index contributed by atoms with van der Waals surface area (Å²) in [6.45, 7) is 6.00. The Balaban J connectivity index is 1.70. The van der Waals surface area contributed by atoms with Crippen LogP contribution >= 0.6 is 0 Å². The molecule has 0 radical (unpaired) electrons. The minimum atomic E-state index is -3.25. The van der Waals surface area contributed by atoms with E-state index in [-0.39, 0.29) is 6.10 Å². The first-order valence-corrected chi connectivity index (χ1v) is 9.71. The number of nitrogens with zero attached hydrogens (tertiary/aromatic N) is 4. The molecule has 130 valence electrons. The van der Waals surface area contributed by atoms with Gasteiger partial charge in [0.1, 0.15) is 17.2 Å². The molecule has 23 heavy (non-hydrogen) atoms. The third kappa shape index (κ3) is 3.73. The number of hydrogen-bond acceptors (Lipinski definition) is 6. The Morgan fingerprint density at radius 1 is 1.39 bits per heavy atom. The van der Waals surface area contributed by atoms with Crippen molar-refractivity contribution in [2.45, 2.75) is 44.9 Å². The van der Waals surface area contributed by atoms with E-state index in [1.54, 1.807) is 0 Å². The molecule has 0 bridgehead atoms. The smallest absolute Gasteiger partial charge is 0.211 e. The lowest BCUT2D eigenvalue weighted by Gasteiger charge is -2.30. The third-order valence-corrected chi connectivity index (χ3v) is 5.71. The monoisotopic (exact) mass is 344 g/mol. The number of hydrogen-bond donors (Lipinski definition) is 0. The van der Waals surface area contributed by atoms with E-state index in [4.69, 9.17) is 9.47 Å². The second-order valence-electron chi connectivity index (χ2n) is 6.50. The summed E-state index contributed by atoms with van der Waals surface area (Å²) in [6, 6.07) is 0. The fourth-order valence-electron chi connectivity index (χ4n) is 3.33. The minimum Gasteiger partial charge on any atom is -0.377 e. The quantitative estimate of drug-likeness (QED) is 0.773. The molecule has 1 aromatic heterocycles. The predicted octanol–water partition coefficient (Wildman–Crippen LogP) is 0.105. The van der Waals surface area contributed by atoms with Crippen LogP contribution in [0.1, 0.15) is 24.5 Å². The number of sulfonamides is 1. The van der Waals surface area contributed by atoms with E-state index < -0.39 is 15.6 Å². The Hall–Kier alpha value is -1.03. The molecule has 0 amide bonds. The highest BCUT2D eigenvalue weighted by Crippen LogP contribution is 2.34. The first-order valence-electron chi connectivity index (χ1n) is 7.86. The van der Waals surface area contributed by atoms with Gasteiger partial charge in [0.05, 0.1) is 32.1 Å². The zero-order valence-electron chi connectivity index (χ0n) is 13.9. The summed E-state index contributed by atoms with van der Waals surface area (Å²) < 4.78 is 39.0. The Labute approximate surface area is 136 Å². The van der Waals surface area contributed by atoms with E-state index in [0.717, 1.165) is 24.5 Å². The van der Waals surface area contributed by atoms with Crippen molar-refractivity contribution in [3.8, 4) is 0 Å². The molecule has 3 rings (SSSR count). The molecule has 2 fully saturated rings. The van der Waals surface area contributed by atoms with Crippen LogP contribution in [0.25, 0.3) is 0 Å². The van der Waals surface area contributed by atoms with E-state index >= 15 is 0 Å². The fraction of sp³-hybridized carbons (Fsp3) is 0.857. The lowest BCUT2D eigenvalue weighted by Crippen LogP contribution is -2.46. The first kappa shape index (κ1) is 16.8. The van der Waals surface area contributed by atoms with Crippen molar-refractivity contribution in [2.75, 3.05) is 32.6 Å². The topological polar surface area (TPSA) is 86.6 Å². The van der Waals surface area contributed by atoms with Crippen molar-refractivity contribution in [3.63, 3.8) is 0 Å². The molecule has 0 aromatic carbocycles. The molecule has 2 atom stereocenters. The average molecular weight is 344 g/mol. The van der Waals surface area contributed by atoms with Crippen LogP contribution in [-0.4, -0.2) is 71.8 Å². The number of rotatable bonds is 3. The predicted molar refractivity (Wildman–Crippen MR) is 83.6 cm³/mol. The van der Waals surface area contributed by atoms with Crippen LogP contribution < -0.4 is 0 Å². The van der Waals surface area contributed by atoms with Crippen LogP contribution in [0.5, 0.6) is 0 Å². The highest BCUT2D eigenvalue weighted by Gasteiger charge is 2.44. The molecule has 0 saturated carbocycles. The maximum atomic E-state index is 11.9. The summed E-state index contributed by atoms with van der Waals surface area (Å²) in [5, 5.41) is 4.37. The molecule has 0 N–H and O–H groups in total.